The van der Waals surface area contributed by atoms with Crippen LogP contribution in [-0.4, -0.2) is 37.7 Å². The van der Waals surface area contributed by atoms with Crippen molar-refractivity contribution in [3.63, 3.8) is 0 Å². The highest BCUT2D eigenvalue weighted by molar-refractivity contribution is 6.01. The van der Waals surface area contributed by atoms with Crippen molar-refractivity contribution in [3.8, 4) is 74.0 Å². The van der Waals surface area contributed by atoms with Crippen LogP contribution in [0.1, 0.15) is 0 Å². The summed E-state index contributed by atoms with van der Waals surface area (Å²) in [5, 5.41) is 61.4. The van der Waals surface area contributed by atoms with Crippen LogP contribution in [-0.2, 0) is 0 Å². The van der Waals surface area contributed by atoms with E-state index >= 15 is 0 Å². The molecule has 2 aromatic heterocycles. The molecule has 0 atom stereocenters. The molecule has 0 saturated carbocycles. The van der Waals surface area contributed by atoms with Gasteiger partial charge < -0.3 is 44.2 Å². The van der Waals surface area contributed by atoms with E-state index < -0.39 is 33.9 Å². The second-order valence-corrected chi connectivity index (χ2v) is 9.38. The summed E-state index contributed by atoms with van der Waals surface area (Å²) in [6.07, 6.45) is 0. The van der Waals surface area contributed by atoms with Crippen molar-refractivity contribution in [2.75, 3.05) is 7.11 Å². The standard InChI is InChI=1S/C31H20O11/c1-40-22-7-4-14(30-29(39)28(38)27-18(34)9-16(33)10-24(27)42-30)8-17(22)25-19(35)11-20(36)26-21(37)12-23(41-31(25)26)13-2-5-15(32)6-3-13/h2-12,32-36,39H,1H3. The third kappa shape index (κ3) is 4.07. The number of methoxy groups -OCH3 is 1. The molecule has 6 N–H and O–H groups in total. The first-order valence-corrected chi connectivity index (χ1v) is 12.3. The number of phenols is 5. The minimum atomic E-state index is -0.955. The van der Waals surface area contributed by atoms with E-state index in [9.17, 15) is 40.2 Å². The first kappa shape index (κ1) is 26.1. The zero-order valence-corrected chi connectivity index (χ0v) is 21.6. The number of hydrogen-bond donors (Lipinski definition) is 6. The Kier molecular flexibility index (Phi) is 5.93. The highest BCUT2D eigenvalue weighted by Gasteiger charge is 2.25. The van der Waals surface area contributed by atoms with Gasteiger partial charge in [0.1, 0.15) is 56.6 Å². The molecule has 2 heterocycles. The van der Waals surface area contributed by atoms with Crippen LogP contribution < -0.4 is 15.6 Å². The molecule has 4 aromatic carbocycles. The number of ether oxygens (including phenoxy) is 1. The van der Waals surface area contributed by atoms with Crippen LogP contribution in [0.2, 0.25) is 0 Å². The van der Waals surface area contributed by atoms with E-state index in [0.717, 1.165) is 24.3 Å². The molecule has 6 rings (SSSR count). The molecule has 0 aliphatic rings. The molecule has 210 valence electrons. The third-order valence-corrected chi connectivity index (χ3v) is 6.78. The van der Waals surface area contributed by atoms with Crippen LogP contribution in [0.4, 0.5) is 0 Å². The van der Waals surface area contributed by atoms with Gasteiger partial charge in [0, 0.05) is 41.0 Å². The van der Waals surface area contributed by atoms with Crippen molar-refractivity contribution in [2.45, 2.75) is 0 Å². The van der Waals surface area contributed by atoms with Gasteiger partial charge in [0.15, 0.2) is 16.8 Å². The van der Waals surface area contributed by atoms with Crippen LogP contribution in [0.25, 0.3) is 55.7 Å². The van der Waals surface area contributed by atoms with Crippen LogP contribution in [0.3, 0.4) is 0 Å². The Morgan fingerprint density at radius 1 is 0.667 bits per heavy atom. The highest BCUT2D eigenvalue weighted by atomic mass is 16.5. The monoisotopic (exact) mass is 568 g/mol. The number of phenolic OH excluding ortho intramolecular Hbond substituents is 5. The summed E-state index contributed by atoms with van der Waals surface area (Å²) in [6, 6.07) is 14.3. The predicted octanol–water partition coefficient (Wildman–Crippen LogP) is 5.14. The highest BCUT2D eigenvalue weighted by Crippen LogP contribution is 2.46. The van der Waals surface area contributed by atoms with Gasteiger partial charge in [0.2, 0.25) is 11.2 Å². The molecule has 0 amide bonds. The molecule has 0 bridgehead atoms. The molecule has 0 fully saturated rings. The fourth-order valence-electron chi connectivity index (χ4n) is 4.85. The number of aromatic hydroxyl groups is 6. The first-order chi connectivity index (χ1) is 20.1. The molecule has 6 aromatic rings. The Morgan fingerprint density at radius 3 is 2.07 bits per heavy atom. The van der Waals surface area contributed by atoms with Crippen molar-refractivity contribution in [1.82, 2.24) is 0 Å². The maximum Gasteiger partial charge on any atom is 0.238 e. The van der Waals surface area contributed by atoms with E-state index in [4.69, 9.17) is 13.6 Å². The van der Waals surface area contributed by atoms with Gasteiger partial charge in [-0.2, -0.15) is 0 Å². The minimum Gasteiger partial charge on any atom is -0.508 e. The van der Waals surface area contributed by atoms with Crippen molar-refractivity contribution in [2.24, 2.45) is 0 Å². The fourth-order valence-corrected chi connectivity index (χ4v) is 4.85. The van der Waals surface area contributed by atoms with E-state index in [1.807, 2.05) is 0 Å². The molecule has 0 aliphatic heterocycles. The van der Waals surface area contributed by atoms with Crippen molar-refractivity contribution >= 4 is 21.9 Å². The number of rotatable bonds is 4. The molecule has 11 heteroatoms. The normalized spacial score (nSPS) is 11.3. The third-order valence-electron chi connectivity index (χ3n) is 6.78. The fraction of sp³-hybridized carbons (Fsp3) is 0.0323. The summed E-state index contributed by atoms with van der Waals surface area (Å²) < 4.78 is 17.3. The lowest BCUT2D eigenvalue weighted by molar-refractivity contribution is 0.415. The van der Waals surface area contributed by atoms with Gasteiger partial charge in [-0.05, 0) is 42.5 Å². The number of benzene rings is 4. The Balaban J connectivity index is 1.65. The smallest absolute Gasteiger partial charge is 0.238 e. The van der Waals surface area contributed by atoms with Crippen molar-refractivity contribution < 1.29 is 44.2 Å². The summed E-state index contributed by atoms with van der Waals surface area (Å²) in [5.74, 6) is -2.90. The Hall–Kier alpha value is -6.10. The van der Waals surface area contributed by atoms with Crippen molar-refractivity contribution in [3.05, 3.63) is 87.2 Å². The molecular formula is C31H20O11. The second-order valence-electron chi connectivity index (χ2n) is 9.38. The van der Waals surface area contributed by atoms with Gasteiger partial charge in [-0.15, -0.1) is 0 Å². The van der Waals surface area contributed by atoms with Crippen molar-refractivity contribution in [1.29, 1.82) is 0 Å². The Bertz CT molecular complexity index is 2170. The lowest BCUT2D eigenvalue weighted by Crippen LogP contribution is -2.03. The van der Waals surface area contributed by atoms with Gasteiger partial charge in [-0.3, -0.25) is 9.59 Å². The van der Waals surface area contributed by atoms with Gasteiger partial charge in [0.25, 0.3) is 0 Å². The zero-order chi connectivity index (χ0) is 29.9. The molecule has 42 heavy (non-hydrogen) atoms. The molecule has 0 unspecified atom stereocenters. The zero-order valence-electron chi connectivity index (χ0n) is 21.6. The van der Waals surface area contributed by atoms with E-state index in [1.54, 1.807) is 0 Å². The molecular weight excluding hydrogens is 548 g/mol. The SMILES string of the molecule is COc1ccc(-c2oc3cc(O)cc(O)c3c(=O)c2O)cc1-c1c(O)cc(O)c2c(=O)cc(-c3ccc(O)cc3)oc12. The van der Waals surface area contributed by atoms with E-state index in [2.05, 4.69) is 0 Å². The summed E-state index contributed by atoms with van der Waals surface area (Å²) in [6.45, 7) is 0. The molecule has 0 aliphatic carbocycles. The average molecular weight is 568 g/mol. The van der Waals surface area contributed by atoms with Crippen LogP contribution in [0.5, 0.6) is 40.2 Å². The predicted molar refractivity (Wildman–Crippen MR) is 151 cm³/mol. The van der Waals surface area contributed by atoms with E-state index in [0.29, 0.717) is 5.56 Å². The number of hydrogen-bond acceptors (Lipinski definition) is 11. The van der Waals surface area contributed by atoms with Crippen LogP contribution in [0, 0.1) is 0 Å². The topological polar surface area (TPSA) is 191 Å². The minimum absolute atomic E-state index is 0.00608. The number of fused-ring (bicyclic) bond motifs is 2. The Labute approximate surface area is 234 Å². The summed E-state index contributed by atoms with van der Waals surface area (Å²) in [4.78, 5) is 26.1. The van der Waals surface area contributed by atoms with Gasteiger partial charge >= 0.3 is 0 Å². The summed E-state index contributed by atoms with van der Waals surface area (Å²) in [7, 11) is 1.36. The molecule has 0 radical (unpaired) electrons. The Morgan fingerprint density at radius 2 is 1.36 bits per heavy atom. The largest absolute Gasteiger partial charge is 0.508 e. The lowest BCUT2D eigenvalue weighted by atomic mass is 9.96. The first-order valence-electron chi connectivity index (χ1n) is 12.3. The summed E-state index contributed by atoms with van der Waals surface area (Å²) in [5.41, 5.74) is -1.36. The summed E-state index contributed by atoms with van der Waals surface area (Å²) >= 11 is 0. The van der Waals surface area contributed by atoms with E-state index in [1.165, 1.54) is 49.6 Å². The van der Waals surface area contributed by atoms with Crippen LogP contribution in [0.15, 0.2) is 85.2 Å². The second kappa shape index (κ2) is 9.52. The average Bonchev–Trinajstić information content (AvgIpc) is 2.94. The van der Waals surface area contributed by atoms with Gasteiger partial charge in [-0.1, -0.05) is 0 Å². The molecule has 11 nitrogen and oxygen atoms in total. The van der Waals surface area contributed by atoms with Gasteiger partial charge in [0.05, 0.1) is 12.7 Å². The van der Waals surface area contributed by atoms with Gasteiger partial charge in [-0.25, -0.2) is 0 Å². The molecule has 0 spiro atoms. The maximum absolute atomic E-state index is 13.2. The van der Waals surface area contributed by atoms with E-state index in [-0.39, 0.29) is 67.4 Å². The lowest BCUT2D eigenvalue weighted by Gasteiger charge is -2.15. The quantitative estimate of drug-likeness (QED) is 0.165. The molecule has 0 saturated heterocycles. The van der Waals surface area contributed by atoms with Crippen LogP contribution >= 0.6 is 0 Å². The maximum atomic E-state index is 13.2.